The summed E-state index contributed by atoms with van der Waals surface area (Å²) in [5, 5.41) is 3.36. The maximum absolute atomic E-state index is 12.2. The minimum Gasteiger partial charge on any atom is -0.449 e. The van der Waals surface area contributed by atoms with E-state index in [1.54, 1.807) is 36.4 Å². The second-order valence-corrected chi connectivity index (χ2v) is 7.06. The zero-order valence-corrected chi connectivity index (χ0v) is 16.8. The predicted molar refractivity (Wildman–Crippen MR) is 106 cm³/mol. The zero-order chi connectivity index (χ0) is 20.0. The second-order valence-electron chi connectivity index (χ2n) is 6.22. The Morgan fingerprint density at radius 1 is 1.04 bits per heavy atom. The monoisotopic (exact) mass is 409 g/mol. The summed E-state index contributed by atoms with van der Waals surface area (Å²) >= 11 is 11.9. The topological polar surface area (TPSA) is 64.6 Å². The Balaban J connectivity index is 1.94. The lowest BCUT2D eigenvalue weighted by Gasteiger charge is -2.14. The van der Waals surface area contributed by atoms with Gasteiger partial charge in [0.15, 0.2) is 6.10 Å². The highest BCUT2D eigenvalue weighted by molar-refractivity contribution is 6.35. The quantitative estimate of drug-likeness (QED) is 0.645. The Morgan fingerprint density at radius 3 is 2.33 bits per heavy atom. The number of anilines is 1. The molecule has 5 nitrogen and oxygen atoms in total. The lowest BCUT2D eigenvalue weighted by Crippen LogP contribution is -2.30. The molecular formula is C20H21Cl2NO4. The number of amides is 1. The number of hydrogen-bond donors (Lipinski definition) is 1. The first-order chi connectivity index (χ1) is 12.8. The van der Waals surface area contributed by atoms with E-state index in [0.29, 0.717) is 27.9 Å². The number of carbonyl (C=O) groups is 2. The van der Waals surface area contributed by atoms with Crippen LogP contribution in [0.5, 0.6) is 0 Å². The van der Waals surface area contributed by atoms with E-state index in [1.807, 2.05) is 13.8 Å². The molecule has 144 valence electrons. The van der Waals surface area contributed by atoms with Crippen LogP contribution in [0, 0.1) is 0 Å². The fourth-order valence-corrected chi connectivity index (χ4v) is 2.45. The van der Waals surface area contributed by atoms with Gasteiger partial charge in [-0.25, -0.2) is 4.79 Å². The summed E-state index contributed by atoms with van der Waals surface area (Å²) in [6, 6.07) is 11.6. The molecule has 2 rings (SSSR count). The van der Waals surface area contributed by atoms with Crippen molar-refractivity contribution >= 4 is 40.8 Å². The first-order valence-electron chi connectivity index (χ1n) is 8.43. The van der Waals surface area contributed by atoms with Crippen LogP contribution in [0.3, 0.4) is 0 Å². The molecule has 0 saturated heterocycles. The van der Waals surface area contributed by atoms with Crippen molar-refractivity contribution in [3.63, 3.8) is 0 Å². The largest absolute Gasteiger partial charge is 0.449 e. The van der Waals surface area contributed by atoms with Gasteiger partial charge in [-0.1, -0.05) is 35.3 Å². The third kappa shape index (κ3) is 6.54. The van der Waals surface area contributed by atoms with Crippen molar-refractivity contribution in [1.82, 2.24) is 0 Å². The van der Waals surface area contributed by atoms with Crippen LogP contribution in [0.4, 0.5) is 5.69 Å². The first kappa shape index (κ1) is 21.2. The SMILES string of the molecule is CC(C)OCc1ccc(C(=O)O[C@@H](C)C(=O)Nc2cc(Cl)ccc2Cl)cc1. The average molecular weight is 410 g/mol. The van der Waals surface area contributed by atoms with E-state index >= 15 is 0 Å². The number of esters is 1. The molecule has 0 aromatic heterocycles. The molecule has 0 aliphatic rings. The molecule has 0 bridgehead atoms. The number of halogens is 2. The van der Waals surface area contributed by atoms with Gasteiger partial charge in [-0.05, 0) is 56.7 Å². The van der Waals surface area contributed by atoms with Crippen LogP contribution in [-0.2, 0) is 20.9 Å². The molecule has 0 spiro atoms. The lowest BCUT2D eigenvalue weighted by molar-refractivity contribution is -0.123. The molecule has 1 N–H and O–H groups in total. The summed E-state index contributed by atoms with van der Waals surface area (Å²) in [6.45, 7) is 5.85. The highest BCUT2D eigenvalue weighted by Gasteiger charge is 2.20. The van der Waals surface area contributed by atoms with Gasteiger partial charge < -0.3 is 14.8 Å². The maximum Gasteiger partial charge on any atom is 0.338 e. The van der Waals surface area contributed by atoms with Gasteiger partial charge in [-0.3, -0.25) is 4.79 Å². The number of carbonyl (C=O) groups excluding carboxylic acids is 2. The standard InChI is InChI=1S/C20H21Cl2NO4/c1-12(2)26-11-14-4-6-15(7-5-14)20(25)27-13(3)19(24)23-18-10-16(21)8-9-17(18)22/h4-10,12-13H,11H2,1-3H3,(H,23,24)/t13-/m0/s1. The predicted octanol–water partition coefficient (Wildman–Crippen LogP) is 5.10. The molecular weight excluding hydrogens is 389 g/mol. The van der Waals surface area contributed by atoms with Crippen LogP contribution in [0.2, 0.25) is 10.0 Å². The molecule has 0 saturated carbocycles. The van der Waals surface area contributed by atoms with Crippen molar-refractivity contribution in [2.45, 2.75) is 39.6 Å². The van der Waals surface area contributed by atoms with E-state index in [0.717, 1.165) is 5.56 Å². The van der Waals surface area contributed by atoms with Crippen LogP contribution in [0.15, 0.2) is 42.5 Å². The highest BCUT2D eigenvalue weighted by atomic mass is 35.5. The van der Waals surface area contributed by atoms with E-state index in [-0.39, 0.29) is 6.10 Å². The maximum atomic E-state index is 12.2. The molecule has 2 aromatic carbocycles. The highest BCUT2D eigenvalue weighted by Crippen LogP contribution is 2.25. The smallest absolute Gasteiger partial charge is 0.338 e. The van der Waals surface area contributed by atoms with E-state index < -0.39 is 18.0 Å². The van der Waals surface area contributed by atoms with Crippen molar-refractivity contribution in [2.75, 3.05) is 5.32 Å². The molecule has 0 radical (unpaired) electrons. The van der Waals surface area contributed by atoms with Crippen molar-refractivity contribution in [3.8, 4) is 0 Å². The Bertz CT molecular complexity index is 806. The van der Waals surface area contributed by atoms with Gasteiger partial charge in [0, 0.05) is 5.02 Å². The van der Waals surface area contributed by atoms with Crippen LogP contribution >= 0.6 is 23.2 Å². The number of ether oxygens (including phenoxy) is 2. The Labute approximate surface area is 168 Å². The van der Waals surface area contributed by atoms with Gasteiger partial charge in [-0.2, -0.15) is 0 Å². The average Bonchev–Trinajstić information content (AvgIpc) is 2.63. The molecule has 0 aliphatic heterocycles. The number of rotatable bonds is 7. The van der Waals surface area contributed by atoms with Crippen molar-refractivity contribution < 1.29 is 19.1 Å². The van der Waals surface area contributed by atoms with Crippen LogP contribution < -0.4 is 5.32 Å². The van der Waals surface area contributed by atoms with Crippen LogP contribution in [-0.4, -0.2) is 24.1 Å². The number of nitrogens with one attached hydrogen (secondary N) is 1. The summed E-state index contributed by atoms with van der Waals surface area (Å²) in [6.07, 6.45) is -0.876. The van der Waals surface area contributed by atoms with Gasteiger partial charge in [0.1, 0.15) is 0 Å². The molecule has 0 fully saturated rings. The summed E-state index contributed by atoms with van der Waals surface area (Å²) in [7, 11) is 0. The summed E-state index contributed by atoms with van der Waals surface area (Å²) in [5.41, 5.74) is 1.65. The number of benzene rings is 2. The third-order valence-electron chi connectivity index (χ3n) is 3.61. The van der Waals surface area contributed by atoms with Crippen LogP contribution in [0.25, 0.3) is 0 Å². The molecule has 1 amide bonds. The molecule has 1 atom stereocenters. The Hall–Kier alpha value is -2.08. The first-order valence-corrected chi connectivity index (χ1v) is 9.19. The number of hydrogen-bond acceptors (Lipinski definition) is 4. The van der Waals surface area contributed by atoms with Gasteiger partial charge in [0.2, 0.25) is 0 Å². The minimum atomic E-state index is -1.00. The van der Waals surface area contributed by atoms with Gasteiger partial charge >= 0.3 is 5.97 Å². The minimum absolute atomic E-state index is 0.127. The van der Waals surface area contributed by atoms with E-state index in [9.17, 15) is 9.59 Å². The van der Waals surface area contributed by atoms with E-state index in [2.05, 4.69) is 5.32 Å². The van der Waals surface area contributed by atoms with Crippen LogP contribution in [0.1, 0.15) is 36.7 Å². The van der Waals surface area contributed by atoms with Crippen molar-refractivity contribution in [2.24, 2.45) is 0 Å². The molecule has 2 aromatic rings. The third-order valence-corrected chi connectivity index (χ3v) is 4.18. The second kappa shape index (κ2) is 9.74. The lowest BCUT2D eigenvalue weighted by atomic mass is 10.1. The Kier molecular flexibility index (Phi) is 7.66. The zero-order valence-electron chi connectivity index (χ0n) is 15.3. The fraction of sp³-hybridized carbons (Fsp3) is 0.300. The normalized spacial score (nSPS) is 11.9. The van der Waals surface area contributed by atoms with Crippen molar-refractivity contribution in [3.05, 3.63) is 63.6 Å². The van der Waals surface area contributed by atoms with Gasteiger partial charge in [-0.15, -0.1) is 0 Å². The van der Waals surface area contributed by atoms with E-state index in [1.165, 1.54) is 13.0 Å². The summed E-state index contributed by atoms with van der Waals surface area (Å²) < 4.78 is 10.7. The molecule has 7 heteroatoms. The Morgan fingerprint density at radius 2 is 1.70 bits per heavy atom. The van der Waals surface area contributed by atoms with E-state index in [4.69, 9.17) is 32.7 Å². The fourth-order valence-electron chi connectivity index (χ4n) is 2.11. The molecule has 0 unspecified atom stereocenters. The molecule has 0 aliphatic carbocycles. The molecule has 0 heterocycles. The van der Waals surface area contributed by atoms with Gasteiger partial charge in [0.25, 0.3) is 5.91 Å². The summed E-state index contributed by atoms with van der Waals surface area (Å²) in [5.74, 6) is -1.10. The molecule has 27 heavy (non-hydrogen) atoms. The van der Waals surface area contributed by atoms with Crippen molar-refractivity contribution in [1.29, 1.82) is 0 Å². The van der Waals surface area contributed by atoms with Gasteiger partial charge in [0.05, 0.1) is 29.0 Å². The summed E-state index contributed by atoms with van der Waals surface area (Å²) in [4.78, 5) is 24.5.